The number of urea groups is 1. The van der Waals surface area contributed by atoms with Gasteiger partial charge >= 0.3 is 6.03 Å². The van der Waals surface area contributed by atoms with Crippen molar-refractivity contribution in [1.29, 1.82) is 0 Å². The zero-order valence-corrected chi connectivity index (χ0v) is 16.9. The number of hydrogen-bond donors (Lipinski definition) is 1. The van der Waals surface area contributed by atoms with Crippen LogP contribution >= 0.6 is 23.2 Å². The van der Waals surface area contributed by atoms with Crippen molar-refractivity contribution in [2.75, 3.05) is 11.9 Å². The molecule has 0 atom stereocenters. The van der Waals surface area contributed by atoms with Gasteiger partial charge in [0.2, 0.25) is 0 Å². The molecule has 2 amide bonds. The number of nitrogens with one attached hydrogen (secondary N) is 1. The van der Waals surface area contributed by atoms with E-state index in [9.17, 15) is 4.79 Å². The molecule has 1 fully saturated rings. The molecule has 0 saturated heterocycles. The first-order valence-electron chi connectivity index (χ1n) is 9.70. The molecule has 5 rings (SSSR count). The van der Waals surface area contributed by atoms with Gasteiger partial charge in [-0.3, -0.25) is 0 Å². The van der Waals surface area contributed by atoms with E-state index in [0.717, 1.165) is 18.9 Å². The van der Waals surface area contributed by atoms with Crippen LogP contribution in [0.4, 0.5) is 10.5 Å². The smallest absolute Gasteiger partial charge is 0.322 e. The molecule has 0 unspecified atom stereocenters. The molecule has 1 N–H and O–H groups in total. The summed E-state index contributed by atoms with van der Waals surface area (Å²) in [6.45, 7) is 2.41. The molecule has 2 aliphatic rings. The largest absolute Gasteiger partial charge is 0.344 e. The summed E-state index contributed by atoms with van der Waals surface area (Å²) in [5.41, 5.74) is 4.54. The van der Waals surface area contributed by atoms with Crippen molar-refractivity contribution in [2.45, 2.75) is 32.4 Å². The second-order valence-electron chi connectivity index (χ2n) is 7.72. The van der Waals surface area contributed by atoms with Gasteiger partial charge in [0, 0.05) is 53.2 Å². The first-order valence-corrected chi connectivity index (χ1v) is 10.5. The molecule has 1 aliphatic heterocycles. The standard InChI is InChI=1S/C22H21Cl2N3O/c23-15-7-8-19(18(24)11-15)25-22(28)26-10-9-21-17(13-26)16-3-1-2-4-20(16)27(21)12-14-5-6-14/h1-4,7-8,11,14H,5-6,9-10,12-13H2,(H,25,28). The summed E-state index contributed by atoms with van der Waals surface area (Å²) in [5.74, 6) is 0.813. The molecule has 0 spiro atoms. The lowest BCUT2D eigenvalue weighted by Gasteiger charge is -2.28. The maximum absolute atomic E-state index is 12.9. The van der Waals surface area contributed by atoms with Gasteiger partial charge in [-0.15, -0.1) is 0 Å². The van der Waals surface area contributed by atoms with Gasteiger partial charge in [0.1, 0.15) is 0 Å². The summed E-state index contributed by atoms with van der Waals surface area (Å²) in [6, 6.07) is 13.5. The Hall–Kier alpha value is -2.17. The van der Waals surface area contributed by atoms with Gasteiger partial charge in [-0.1, -0.05) is 41.4 Å². The fourth-order valence-electron chi connectivity index (χ4n) is 4.13. The number of anilines is 1. The minimum absolute atomic E-state index is 0.131. The average Bonchev–Trinajstić information content (AvgIpc) is 3.47. The number of amides is 2. The number of carbonyl (C=O) groups excluding carboxylic acids is 1. The topological polar surface area (TPSA) is 37.3 Å². The summed E-state index contributed by atoms with van der Waals surface area (Å²) >= 11 is 12.2. The SMILES string of the molecule is O=C(Nc1ccc(Cl)cc1Cl)N1CCc2c(c3ccccc3n2CC2CC2)C1. The average molecular weight is 414 g/mol. The third-order valence-electron chi connectivity index (χ3n) is 5.76. The Balaban J connectivity index is 1.42. The maximum Gasteiger partial charge on any atom is 0.322 e. The minimum Gasteiger partial charge on any atom is -0.344 e. The molecule has 144 valence electrons. The van der Waals surface area contributed by atoms with Gasteiger partial charge in [0.25, 0.3) is 0 Å². The van der Waals surface area contributed by atoms with Crippen molar-refractivity contribution in [3.05, 3.63) is 63.8 Å². The Morgan fingerprint density at radius 1 is 1.14 bits per heavy atom. The zero-order chi connectivity index (χ0) is 19.3. The molecule has 1 aromatic heterocycles. The van der Waals surface area contributed by atoms with E-state index in [0.29, 0.717) is 28.8 Å². The highest BCUT2D eigenvalue weighted by Gasteiger charge is 2.29. The van der Waals surface area contributed by atoms with Gasteiger partial charge < -0.3 is 14.8 Å². The molecule has 28 heavy (non-hydrogen) atoms. The monoisotopic (exact) mass is 413 g/mol. The second-order valence-corrected chi connectivity index (χ2v) is 8.57. The number of carbonyl (C=O) groups is 1. The quantitative estimate of drug-likeness (QED) is 0.565. The van der Waals surface area contributed by atoms with Gasteiger partial charge in [0.15, 0.2) is 0 Å². The zero-order valence-electron chi connectivity index (χ0n) is 15.4. The Bertz CT molecular complexity index is 1070. The summed E-state index contributed by atoms with van der Waals surface area (Å²) in [6.07, 6.45) is 3.54. The molecular weight excluding hydrogens is 393 g/mol. The first kappa shape index (κ1) is 17.9. The number of hydrogen-bond acceptors (Lipinski definition) is 1. The van der Waals surface area contributed by atoms with E-state index < -0.39 is 0 Å². The van der Waals surface area contributed by atoms with Crippen LogP contribution in [0.15, 0.2) is 42.5 Å². The molecular formula is C22H21Cl2N3O. The number of para-hydroxylation sites is 1. The van der Waals surface area contributed by atoms with E-state index >= 15 is 0 Å². The Morgan fingerprint density at radius 2 is 1.96 bits per heavy atom. The van der Waals surface area contributed by atoms with Crippen LogP contribution in [0, 0.1) is 5.92 Å². The van der Waals surface area contributed by atoms with Crippen LogP contribution < -0.4 is 5.32 Å². The van der Waals surface area contributed by atoms with E-state index in [2.05, 4.69) is 34.1 Å². The molecule has 4 nitrogen and oxygen atoms in total. The predicted molar refractivity (Wildman–Crippen MR) is 114 cm³/mol. The lowest BCUT2D eigenvalue weighted by atomic mass is 10.0. The fourth-order valence-corrected chi connectivity index (χ4v) is 4.58. The lowest BCUT2D eigenvalue weighted by Crippen LogP contribution is -2.39. The second kappa shape index (κ2) is 7.02. The molecule has 3 aromatic rings. The van der Waals surface area contributed by atoms with E-state index in [1.807, 2.05) is 4.90 Å². The number of halogens is 2. The molecule has 1 aliphatic carbocycles. The number of rotatable bonds is 3. The predicted octanol–water partition coefficient (Wildman–Crippen LogP) is 5.95. The van der Waals surface area contributed by atoms with Crippen molar-refractivity contribution in [2.24, 2.45) is 5.92 Å². The van der Waals surface area contributed by atoms with Gasteiger partial charge in [-0.25, -0.2) is 4.79 Å². The molecule has 1 saturated carbocycles. The Kier molecular flexibility index (Phi) is 4.48. The summed E-state index contributed by atoms with van der Waals surface area (Å²) in [4.78, 5) is 14.7. The molecule has 0 radical (unpaired) electrons. The van der Waals surface area contributed by atoms with Crippen molar-refractivity contribution in [1.82, 2.24) is 9.47 Å². The number of nitrogens with zero attached hydrogens (tertiary/aromatic N) is 2. The van der Waals surface area contributed by atoms with E-state index in [1.165, 1.54) is 35.0 Å². The van der Waals surface area contributed by atoms with Crippen molar-refractivity contribution in [3.8, 4) is 0 Å². The van der Waals surface area contributed by atoms with Crippen LogP contribution in [-0.2, 0) is 19.5 Å². The third kappa shape index (κ3) is 3.25. The van der Waals surface area contributed by atoms with Gasteiger partial charge in [0.05, 0.1) is 10.7 Å². The summed E-state index contributed by atoms with van der Waals surface area (Å²) in [7, 11) is 0. The van der Waals surface area contributed by atoms with Crippen LogP contribution in [0.2, 0.25) is 10.0 Å². The maximum atomic E-state index is 12.9. The number of benzene rings is 2. The molecule has 0 bridgehead atoms. The molecule has 2 aromatic carbocycles. The van der Waals surface area contributed by atoms with Crippen molar-refractivity contribution >= 4 is 45.8 Å². The van der Waals surface area contributed by atoms with Crippen LogP contribution in [-0.4, -0.2) is 22.0 Å². The third-order valence-corrected chi connectivity index (χ3v) is 6.31. The highest BCUT2D eigenvalue weighted by Crippen LogP contribution is 2.37. The normalized spacial score (nSPS) is 16.3. The van der Waals surface area contributed by atoms with E-state index in [4.69, 9.17) is 23.2 Å². The molecule has 2 heterocycles. The van der Waals surface area contributed by atoms with Gasteiger partial charge in [-0.2, -0.15) is 0 Å². The fraction of sp³-hybridized carbons (Fsp3) is 0.318. The highest BCUT2D eigenvalue weighted by molar-refractivity contribution is 6.36. The van der Waals surface area contributed by atoms with E-state index in [-0.39, 0.29) is 6.03 Å². The lowest BCUT2D eigenvalue weighted by molar-refractivity contribution is 0.206. The molecule has 6 heteroatoms. The minimum atomic E-state index is -0.131. The number of fused-ring (bicyclic) bond motifs is 3. The Labute approximate surface area is 174 Å². The van der Waals surface area contributed by atoms with E-state index in [1.54, 1.807) is 18.2 Å². The van der Waals surface area contributed by atoms with Crippen LogP contribution in [0.5, 0.6) is 0 Å². The Morgan fingerprint density at radius 3 is 2.75 bits per heavy atom. The summed E-state index contributed by atoms with van der Waals surface area (Å²) in [5, 5.41) is 5.18. The van der Waals surface area contributed by atoms with Crippen LogP contribution in [0.25, 0.3) is 10.9 Å². The van der Waals surface area contributed by atoms with Crippen molar-refractivity contribution < 1.29 is 4.79 Å². The van der Waals surface area contributed by atoms with Gasteiger partial charge in [-0.05, 0) is 43.0 Å². The van der Waals surface area contributed by atoms with Crippen LogP contribution in [0.1, 0.15) is 24.1 Å². The van der Waals surface area contributed by atoms with Crippen LogP contribution in [0.3, 0.4) is 0 Å². The highest BCUT2D eigenvalue weighted by atomic mass is 35.5. The number of aromatic nitrogens is 1. The first-order chi connectivity index (χ1) is 13.6. The summed E-state index contributed by atoms with van der Waals surface area (Å²) < 4.78 is 2.49. The van der Waals surface area contributed by atoms with Crippen molar-refractivity contribution in [3.63, 3.8) is 0 Å².